The van der Waals surface area contributed by atoms with Crippen LogP contribution in [0.3, 0.4) is 0 Å². The van der Waals surface area contributed by atoms with Gasteiger partial charge in [-0.05, 0) is 18.6 Å². The Morgan fingerprint density at radius 1 is 1.39 bits per heavy atom. The average molecular weight is 381 g/mol. The Balaban J connectivity index is 1.35. The van der Waals surface area contributed by atoms with Crippen molar-refractivity contribution in [1.29, 1.82) is 0 Å². The minimum Gasteiger partial charge on any atom is -0.370 e. The molecule has 3 aromatic heterocycles. The molecule has 1 fully saturated rings. The monoisotopic (exact) mass is 381 g/mol. The first kappa shape index (κ1) is 18.5. The van der Waals surface area contributed by atoms with Crippen molar-refractivity contribution in [2.45, 2.75) is 19.4 Å². The first-order chi connectivity index (χ1) is 13.6. The minimum absolute atomic E-state index is 0.0161. The highest BCUT2D eigenvalue weighted by atomic mass is 16.5. The molecule has 1 aliphatic heterocycles. The van der Waals surface area contributed by atoms with E-state index in [0.717, 1.165) is 48.9 Å². The van der Waals surface area contributed by atoms with E-state index in [2.05, 4.69) is 43.9 Å². The molecule has 0 saturated carbocycles. The third kappa shape index (κ3) is 3.87. The number of ether oxygens (including phenoxy) is 1. The molecule has 1 atom stereocenters. The Morgan fingerprint density at radius 2 is 2.29 bits per heavy atom. The SMILES string of the molecule is CN=C(NCCc1cn2cccc(C)c2n1)N1CCOC(c2cnn(C)c2)C1. The Bertz CT molecular complexity index is 974. The molecule has 4 rings (SSSR count). The molecule has 0 aromatic carbocycles. The van der Waals surface area contributed by atoms with Crippen LogP contribution in [0.25, 0.3) is 5.65 Å². The molecule has 0 radical (unpaired) electrons. The van der Waals surface area contributed by atoms with Crippen LogP contribution in [0.5, 0.6) is 0 Å². The molecule has 1 N–H and O–H groups in total. The van der Waals surface area contributed by atoms with Crippen LogP contribution in [0, 0.1) is 6.92 Å². The summed E-state index contributed by atoms with van der Waals surface area (Å²) in [4.78, 5) is 11.4. The van der Waals surface area contributed by atoms with Crippen LogP contribution in [-0.4, -0.2) is 63.3 Å². The van der Waals surface area contributed by atoms with E-state index in [1.54, 1.807) is 4.68 Å². The molecule has 1 unspecified atom stereocenters. The maximum Gasteiger partial charge on any atom is 0.193 e. The molecule has 0 amide bonds. The van der Waals surface area contributed by atoms with E-state index < -0.39 is 0 Å². The number of aromatic nitrogens is 4. The van der Waals surface area contributed by atoms with Crippen molar-refractivity contribution in [3.8, 4) is 0 Å². The summed E-state index contributed by atoms with van der Waals surface area (Å²) in [5, 5.41) is 7.73. The molecule has 148 valence electrons. The Hall–Kier alpha value is -2.87. The molecule has 0 spiro atoms. The van der Waals surface area contributed by atoms with Crippen molar-refractivity contribution in [1.82, 2.24) is 29.4 Å². The Labute approximate surface area is 164 Å². The van der Waals surface area contributed by atoms with Gasteiger partial charge in [-0.2, -0.15) is 5.10 Å². The standard InChI is InChI=1S/C20H27N7O/c1-15-5-4-8-26-13-17(24-19(15)26)6-7-22-20(21-2)27-9-10-28-18(14-27)16-11-23-25(3)12-16/h4-5,8,11-13,18H,6-7,9-10,14H2,1-3H3,(H,21,22). The van der Waals surface area contributed by atoms with Crippen LogP contribution in [0.15, 0.2) is 41.9 Å². The first-order valence-corrected chi connectivity index (χ1v) is 9.63. The number of morpholine rings is 1. The second-order valence-electron chi connectivity index (χ2n) is 7.13. The third-order valence-corrected chi connectivity index (χ3v) is 5.07. The maximum absolute atomic E-state index is 5.93. The van der Waals surface area contributed by atoms with Gasteiger partial charge in [-0.25, -0.2) is 4.98 Å². The third-order valence-electron chi connectivity index (χ3n) is 5.07. The summed E-state index contributed by atoms with van der Waals surface area (Å²) in [6, 6.07) is 4.13. The topological polar surface area (TPSA) is 72.0 Å². The lowest BCUT2D eigenvalue weighted by molar-refractivity contribution is -0.00801. The van der Waals surface area contributed by atoms with Gasteiger partial charge in [0.05, 0.1) is 25.0 Å². The van der Waals surface area contributed by atoms with Crippen molar-refractivity contribution in [2.24, 2.45) is 12.0 Å². The lowest BCUT2D eigenvalue weighted by Crippen LogP contribution is -2.48. The maximum atomic E-state index is 5.93. The lowest BCUT2D eigenvalue weighted by Gasteiger charge is -2.34. The van der Waals surface area contributed by atoms with Crippen LogP contribution in [0.2, 0.25) is 0 Å². The Morgan fingerprint density at radius 3 is 3.04 bits per heavy atom. The van der Waals surface area contributed by atoms with E-state index >= 15 is 0 Å². The van der Waals surface area contributed by atoms with Crippen molar-refractivity contribution >= 4 is 11.6 Å². The number of pyridine rings is 1. The molecule has 4 heterocycles. The normalized spacial score (nSPS) is 18.0. The summed E-state index contributed by atoms with van der Waals surface area (Å²) >= 11 is 0. The van der Waals surface area contributed by atoms with Crippen molar-refractivity contribution in [3.05, 3.63) is 53.7 Å². The van der Waals surface area contributed by atoms with Crippen molar-refractivity contribution in [3.63, 3.8) is 0 Å². The number of imidazole rings is 1. The van der Waals surface area contributed by atoms with Gasteiger partial charge in [0.15, 0.2) is 5.96 Å². The number of hydrogen-bond acceptors (Lipinski definition) is 4. The van der Waals surface area contributed by atoms with Crippen LogP contribution < -0.4 is 5.32 Å². The zero-order chi connectivity index (χ0) is 19.5. The average Bonchev–Trinajstić information content (AvgIpc) is 3.32. The van der Waals surface area contributed by atoms with Gasteiger partial charge in [0, 0.05) is 57.8 Å². The van der Waals surface area contributed by atoms with Crippen LogP contribution in [0.1, 0.15) is 22.9 Å². The van der Waals surface area contributed by atoms with Gasteiger partial charge in [0.2, 0.25) is 0 Å². The van der Waals surface area contributed by atoms with Crippen molar-refractivity contribution < 1.29 is 4.74 Å². The van der Waals surface area contributed by atoms with Gasteiger partial charge >= 0.3 is 0 Å². The molecule has 8 heteroatoms. The van der Waals surface area contributed by atoms with E-state index in [1.165, 1.54) is 5.56 Å². The fraction of sp³-hybridized carbons (Fsp3) is 0.450. The molecule has 8 nitrogen and oxygen atoms in total. The second kappa shape index (κ2) is 8.02. The molecule has 3 aromatic rings. The van der Waals surface area contributed by atoms with Gasteiger partial charge in [-0.15, -0.1) is 0 Å². The number of hydrogen-bond donors (Lipinski definition) is 1. The highest BCUT2D eigenvalue weighted by molar-refractivity contribution is 5.80. The van der Waals surface area contributed by atoms with Crippen molar-refractivity contribution in [2.75, 3.05) is 33.3 Å². The van der Waals surface area contributed by atoms with Gasteiger partial charge in [-0.3, -0.25) is 9.67 Å². The lowest BCUT2D eigenvalue weighted by atomic mass is 10.1. The molecule has 1 aliphatic rings. The van der Waals surface area contributed by atoms with E-state index in [9.17, 15) is 0 Å². The van der Waals surface area contributed by atoms with E-state index in [-0.39, 0.29) is 6.10 Å². The molecule has 0 aliphatic carbocycles. The van der Waals surface area contributed by atoms with Gasteiger partial charge < -0.3 is 19.4 Å². The molecule has 0 bridgehead atoms. The summed E-state index contributed by atoms with van der Waals surface area (Å²) in [7, 11) is 3.75. The summed E-state index contributed by atoms with van der Waals surface area (Å²) < 4.78 is 9.82. The number of aryl methyl sites for hydroxylation is 2. The van der Waals surface area contributed by atoms with Crippen LogP contribution >= 0.6 is 0 Å². The predicted octanol–water partition coefficient (Wildman–Crippen LogP) is 1.57. The molecule has 1 saturated heterocycles. The summed E-state index contributed by atoms with van der Waals surface area (Å²) in [5.74, 6) is 0.900. The number of nitrogens with zero attached hydrogens (tertiary/aromatic N) is 6. The smallest absolute Gasteiger partial charge is 0.193 e. The molecular formula is C20H27N7O. The van der Waals surface area contributed by atoms with Crippen LogP contribution in [0.4, 0.5) is 0 Å². The van der Waals surface area contributed by atoms with Crippen LogP contribution in [-0.2, 0) is 18.2 Å². The van der Waals surface area contributed by atoms with E-state index in [1.807, 2.05) is 38.8 Å². The fourth-order valence-corrected chi connectivity index (χ4v) is 3.61. The Kier molecular flexibility index (Phi) is 5.29. The first-order valence-electron chi connectivity index (χ1n) is 9.63. The largest absolute Gasteiger partial charge is 0.370 e. The number of guanidine groups is 1. The number of rotatable bonds is 4. The van der Waals surface area contributed by atoms with Gasteiger partial charge in [0.1, 0.15) is 11.8 Å². The summed E-state index contributed by atoms with van der Waals surface area (Å²) in [5.41, 5.74) is 4.39. The second-order valence-corrected chi connectivity index (χ2v) is 7.13. The summed E-state index contributed by atoms with van der Waals surface area (Å²) in [6.45, 7) is 5.13. The van der Waals surface area contributed by atoms with Gasteiger partial charge in [0.25, 0.3) is 0 Å². The fourth-order valence-electron chi connectivity index (χ4n) is 3.61. The van der Waals surface area contributed by atoms with Gasteiger partial charge in [-0.1, -0.05) is 6.07 Å². The molecule has 28 heavy (non-hydrogen) atoms. The van der Waals surface area contributed by atoms with E-state index in [0.29, 0.717) is 6.61 Å². The zero-order valence-electron chi connectivity index (χ0n) is 16.7. The summed E-state index contributed by atoms with van der Waals surface area (Å²) in [6.07, 6.45) is 8.88. The molecular weight excluding hydrogens is 354 g/mol. The predicted molar refractivity (Wildman–Crippen MR) is 108 cm³/mol. The highest BCUT2D eigenvalue weighted by Gasteiger charge is 2.25. The zero-order valence-corrected chi connectivity index (χ0v) is 16.7. The number of fused-ring (bicyclic) bond motifs is 1. The highest BCUT2D eigenvalue weighted by Crippen LogP contribution is 2.21. The minimum atomic E-state index is 0.0161. The van der Waals surface area contributed by atoms with E-state index in [4.69, 9.17) is 9.72 Å². The number of aliphatic imine (C=N–C) groups is 1. The number of nitrogens with one attached hydrogen (secondary N) is 1. The quantitative estimate of drug-likeness (QED) is 0.549.